The van der Waals surface area contributed by atoms with Gasteiger partial charge in [0.05, 0.1) is 13.5 Å². The van der Waals surface area contributed by atoms with Gasteiger partial charge in [0, 0.05) is 5.71 Å². The maximum absolute atomic E-state index is 10.9. The highest BCUT2D eigenvalue weighted by atomic mass is 35.5. The molecular weight excluding hydrogens is 214 g/mol. The molecule has 1 unspecified atom stereocenters. The molecule has 0 saturated heterocycles. The van der Waals surface area contributed by atoms with E-state index in [0.717, 1.165) is 18.6 Å². The minimum atomic E-state index is -0.270. The molecule has 0 saturated carbocycles. The van der Waals surface area contributed by atoms with Crippen LogP contribution >= 0.6 is 11.6 Å². The summed E-state index contributed by atoms with van der Waals surface area (Å²) >= 11 is 6.00. The average Bonchev–Trinajstić information content (AvgIpc) is 2.17. The van der Waals surface area contributed by atoms with Crippen LogP contribution in [0.5, 0.6) is 0 Å². The Hall–Kier alpha value is -0.570. The molecule has 3 nitrogen and oxygen atoms in total. The summed E-state index contributed by atoms with van der Waals surface area (Å²) in [6.45, 7) is 3.95. The fourth-order valence-electron chi connectivity index (χ4n) is 1.19. The molecule has 0 bridgehead atoms. The molecule has 0 spiro atoms. The van der Waals surface area contributed by atoms with Gasteiger partial charge in [-0.3, -0.25) is 9.79 Å². The smallest absolute Gasteiger partial charge is 0.311 e. The van der Waals surface area contributed by atoms with Gasteiger partial charge in [-0.05, 0) is 13.3 Å². The van der Waals surface area contributed by atoms with Gasteiger partial charge in [0.15, 0.2) is 0 Å². The molecule has 0 rings (SSSR count). The second kappa shape index (κ2) is 8.72. The first-order valence-electron chi connectivity index (χ1n) is 5.34. The van der Waals surface area contributed by atoms with Crippen LogP contribution in [0, 0.1) is 0 Å². The molecule has 0 aliphatic rings. The molecular formula is C11H20ClNO2. The predicted molar refractivity (Wildman–Crippen MR) is 63.5 cm³/mol. The predicted octanol–water partition coefficient (Wildman–Crippen LogP) is 3.16. The van der Waals surface area contributed by atoms with Crippen molar-refractivity contribution in [1.82, 2.24) is 0 Å². The van der Waals surface area contributed by atoms with Crippen molar-refractivity contribution in [3.63, 3.8) is 0 Å². The molecule has 0 fully saturated rings. The fourth-order valence-corrected chi connectivity index (χ4v) is 1.51. The number of ether oxygens (including phenoxy) is 1. The second-order valence-corrected chi connectivity index (χ2v) is 4.05. The van der Waals surface area contributed by atoms with E-state index >= 15 is 0 Å². The maximum atomic E-state index is 10.9. The van der Waals surface area contributed by atoms with Crippen LogP contribution in [0.3, 0.4) is 0 Å². The van der Waals surface area contributed by atoms with Gasteiger partial charge in [-0.25, -0.2) is 0 Å². The van der Waals surface area contributed by atoms with Crippen molar-refractivity contribution < 1.29 is 9.53 Å². The monoisotopic (exact) mass is 233 g/mol. The number of nitrogens with zero attached hydrogens (tertiary/aromatic N) is 1. The molecule has 0 aromatic rings. The summed E-state index contributed by atoms with van der Waals surface area (Å²) in [5, 5.41) is 0. The summed E-state index contributed by atoms with van der Waals surface area (Å²) in [6.07, 6.45) is 4.53. The molecule has 1 atom stereocenters. The molecule has 88 valence electrons. The van der Waals surface area contributed by atoms with Crippen molar-refractivity contribution in [3.8, 4) is 0 Å². The Morgan fingerprint density at radius 2 is 2.13 bits per heavy atom. The minimum Gasteiger partial charge on any atom is -0.469 e. The van der Waals surface area contributed by atoms with Crippen molar-refractivity contribution in [2.45, 2.75) is 51.5 Å². The van der Waals surface area contributed by atoms with Crippen LogP contribution in [-0.4, -0.2) is 24.3 Å². The highest BCUT2D eigenvalue weighted by molar-refractivity contribution is 6.21. The lowest BCUT2D eigenvalue weighted by Crippen LogP contribution is -2.08. The minimum absolute atomic E-state index is 0.207. The van der Waals surface area contributed by atoms with Gasteiger partial charge >= 0.3 is 5.97 Å². The highest BCUT2D eigenvalue weighted by Gasteiger charge is 2.06. The summed E-state index contributed by atoms with van der Waals surface area (Å²) in [5.41, 5.74) is 0.527. The maximum Gasteiger partial charge on any atom is 0.311 e. The molecule has 0 aliphatic heterocycles. The van der Waals surface area contributed by atoms with Crippen molar-refractivity contribution >= 4 is 23.3 Å². The quantitative estimate of drug-likeness (QED) is 0.223. The van der Waals surface area contributed by atoms with Crippen LogP contribution in [-0.2, 0) is 9.53 Å². The fraction of sp³-hybridized carbons (Fsp3) is 0.818. The summed E-state index contributed by atoms with van der Waals surface area (Å²) in [5.74, 6) is -0.270. The molecule has 0 aliphatic carbocycles. The van der Waals surface area contributed by atoms with Crippen molar-refractivity contribution in [2.24, 2.45) is 4.99 Å². The Kier molecular flexibility index (Phi) is 8.38. The number of hydrogen-bond donors (Lipinski definition) is 0. The van der Waals surface area contributed by atoms with Gasteiger partial charge in [-0.1, -0.05) is 37.8 Å². The largest absolute Gasteiger partial charge is 0.469 e. The molecule has 0 heterocycles. The van der Waals surface area contributed by atoms with Crippen LogP contribution in [0.4, 0.5) is 0 Å². The molecule has 0 aromatic heterocycles. The number of alkyl halides is 1. The summed E-state index contributed by atoms with van der Waals surface area (Å²) in [4.78, 5) is 15.1. The summed E-state index contributed by atoms with van der Waals surface area (Å²) in [7, 11) is 1.37. The number of esters is 1. The van der Waals surface area contributed by atoms with E-state index in [0.29, 0.717) is 0 Å². The highest BCUT2D eigenvalue weighted by Crippen LogP contribution is 2.11. The van der Waals surface area contributed by atoms with Gasteiger partial charge in [0.1, 0.15) is 5.50 Å². The van der Waals surface area contributed by atoms with Gasteiger partial charge in [-0.15, -0.1) is 0 Å². The Labute approximate surface area is 96.9 Å². The number of aliphatic imine (C=N–C) groups is 1. The number of hydrogen-bond acceptors (Lipinski definition) is 3. The van der Waals surface area contributed by atoms with Crippen LogP contribution in [0.2, 0.25) is 0 Å². The summed E-state index contributed by atoms with van der Waals surface area (Å²) < 4.78 is 4.54. The first-order valence-corrected chi connectivity index (χ1v) is 5.78. The van der Waals surface area contributed by atoms with E-state index in [1.54, 1.807) is 6.92 Å². The molecule has 0 aromatic carbocycles. The standard InChI is InChI=1S/C11H20ClNO2/c1-4-5-6-7-10(12)13-9(2)8-11(14)15-3/h10H,4-8H2,1-3H3. The normalized spacial score (nSPS) is 13.7. The molecule has 15 heavy (non-hydrogen) atoms. The van der Waals surface area contributed by atoms with E-state index < -0.39 is 0 Å². The zero-order valence-electron chi connectivity index (χ0n) is 9.75. The average molecular weight is 234 g/mol. The van der Waals surface area contributed by atoms with E-state index in [9.17, 15) is 4.79 Å². The molecule has 4 heteroatoms. The van der Waals surface area contributed by atoms with Gasteiger partial charge in [0.25, 0.3) is 0 Å². The second-order valence-electron chi connectivity index (χ2n) is 3.55. The van der Waals surface area contributed by atoms with Gasteiger partial charge in [-0.2, -0.15) is 0 Å². The van der Waals surface area contributed by atoms with Crippen LogP contribution in [0.15, 0.2) is 4.99 Å². The van der Waals surface area contributed by atoms with E-state index in [4.69, 9.17) is 11.6 Å². The lowest BCUT2D eigenvalue weighted by Gasteiger charge is -2.05. The zero-order valence-corrected chi connectivity index (χ0v) is 10.5. The number of methoxy groups -OCH3 is 1. The number of halogens is 1. The Balaban J connectivity index is 3.83. The third kappa shape index (κ3) is 8.43. The lowest BCUT2D eigenvalue weighted by molar-refractivity contribution is -0.139. The SMILES string of the molecule is CCCCCC(Cl)N=C(C)CC(=O)OC. The van der Waals surface area contributed by atoms with Crippen LogP contribution in [0.25, 0.3) is 0 Å². The van der Waals surface area contributed by atoms with Gasteiger partial charge in [0.2, 0.25) is 0 Å². The Bertz CT molecular complexity index is 217. The van der Waals surface area contributed by atoms with E-state index in [1.807, 2.05) is 0 Å². The van der Waals surface area contributed by atoms with Crippen LogP contribution in [0.1, 0.15) is 46.0 Å². The third-order valence-electron chi connectivity index (χ3n) is 2.03. The molecule has 0 radical (unpaired) electrons. The van der Waals surface area contributed by atoms with Crippen LogP contribution < -0.4 is 0 Å². The van der Waals surface area contributed by atoms with E-state index in [2.05, 4.69) is 16.7 Å². The number of carbonyl (C=O) groups is 1. The number of carbonyl (C=O) groups excluding carboxylic acids is 1. The zero-order chi connectivity index (χ0) is 11.7. The van der Waals surface area contributed by atoms with E-state index in [-0.39, 0.29) is 17.9 Å². The van der Waals surface area contributed by atoms with Crippen molar-refractivity contribution in [1.29, 1.82) is 0 Å². The van der Waals surface area contributed by atoms with Crippen molar-refractivity contribution in [2.75, 3.05) is 7.11 Å². The first-order chi connectivity index (χ1) is 7.10. The number of rotatable bonds is 7. The molecule has 0 amide bonds. The first kappa shape index (κ1) is 14.4. The Morgan fingerprint density at radius 3 is 2.67 bits per heavy atom. The Morgan fingerprint density at radius 1 is 1.47 bits per heavy atom. The lowest BCUT2D eigenvalue weighted by atomic mass is 10.2. The van der Waals surface area contributed by atoms with E-state index in [1.165, 1.54) is 20.0 Å². The number of unbranched alkanes of at least 4 members (excludes halogenated alkanes) is 2. The van der Waals surface area contributed by atoms with Gasteiger partial charge < -0.3 is 4.74 Å². The molecule has 0 N–H and O–H groups in total. The van der Waals surface area contributed by atoms with Crippen molar-refractivity contribution in [3.05, 3.63) is 0 Å². The third-order valence-corrected chi connectivity index (χ3v) is 2.35. The topological polar surface area (TPSA) is 38.7 Å². The summed E-state index contributed by atoms with van der Waals surface area (Å²) in [6, 6.07) is 0.